The van der Waals surface area contributed by atoms with Crippen LogP contribution in [0.5, 0.6) is 0 Å². The Kier molecular flexibility index (Phi) is 3.24. The molecular formula is C13H24N2O. The van der Waals surface area contributed by atoms with E-state index in [9.17, 15) is 4.79 Å². The normalized spacial score (nSPS) is 26.9. The Morgan fingerprint density at radius 2 is 1.62 bits per heavy atom. The van der Waals surface area contributed by atoms with E-state index in [2.05, 4.69) is 12.2 Å². The molecule has 2 aliphatic carbocycles. The van der Waals surface area contributed by atoms with Gasteiger partial charge in [-0.15, -0.1) is 0 Å². The van der Waals surface area contributed by atoms with Crippen molar-refractivity contribution < 1.29 is 4.79 Å². The topological polar surface area (TPSA) is 55.1 Å². The van der Waals surface area contributed by atoms with Crippen molar-refractivity contribution in [1.82, 2.24) is 5.32 Å². The zero-order valence-corrected chi connectivity index (χ0v) is 10.3. The second-order valence-electron chi connectivity index (χ2n) is 5.91. The number of nitrogens with two attached hydrogens (primary N) is 1. The van der Waals surface area contributed by atoms with Crippen LogP contribution in [0.25, 0.3) is 0 Å². The fourth-order valence-electron chi connectivity index (χ4n) is 3.21. The van der Waals surface area contributed by atoms with Gasteiger partial charge in [0.15, 0.2) is 0 Å². The first-order chi connectivity index (χ1) is 7.60. The molecule has 0 aromatic rings. The van der Waals surface area contributed by atoms with Gasteiger partial charge in [0.25, 0.3) is 0 Å². The van der Waals surface area contributed by atoms with E-state index in [0.717, 1.165) is 25.7 Å². The molecule has 3 N–H and O–H groups in total. The number of nitrogens with one attached hydrogen (secondary N) is 1. The molecule has 0 bridgehead atoms. The second kappa shape index (κ2) is 4.36. The summed E-state index contributed by atoms with van der Waals surface area (Å²) < 4.78 is 0. The summed E-state index contributed by atoms with van der Waals surface area (Å²) in [7, 11) is 0. The molecule has 3 heteroatoms. The summed E-state index contributed by atoms with van der Waals surface area (Å²) in [6.07, 6.45) is 9.00. The van der Waals surface area contributed by atoms with E-state index in [-0.39, 0.29) is 16.9 Å². The third-order valence-electron chi connectivity index (χ3n) is 4.59. The molecule has 92 valence electrons. The summed E-state index contributed by atoms with van der Waals surface area (Å²) in [6, 6.07) is 0. The molecule has 2 rings (SSSR count). The molecule has 0 atom stereocenters. The molecule has 0 spiro atoms. The monoisotopic (exact) mass is 224 g/mol. The zero-order chi connectivity index (χ0) is 11.6. The van der Waals surface area contributed by atoms with Gasteiger partial charge in [-0.25, -0.2) is 0 Å². The third kappa shape index (κ3) is 2.10. The standard InChI is InChI=1S/C13H24N2O/c1-12(6-2-3-7-12)11(16)15-13(10-14)8-4-5-9-13/h2-10,14H2,1H3,(H,15,16). The number of hydrogen-bond acceptors (Lipinski definition) is 2. The maximum Gasteiger partial charge on any atom is 0.226 e. The van der Waals surface area contributed by atoms with Crippen molar-refractivity contribution in [2.75, 3.05) is 6.54 Å². The van der Waals surface area contributed by atoms with Crippen molar-refractivity contribution in [3.05, 3.63) is 0 Å². The first kappa shape index (κ1) is 11.9. The Morgan fingerprint density at radius 3 is 2.12 bits per heavy atom. The summed E-state index contributed by atoms with van der Waals surface area (Å²) in [4.78, 5) is 12.3. The Balaban J connectivity index is 2.00. The highest BCUT2D eigenvalue weighted by molar-refractivity contribution is 5.83. The number of carbonyl (C=O) groups is 1. The van der Waals surface area contributed by atoms with Crippen molar-refractivity contribution >= 4 is 5.91 Å². The van der Waals surface area contributed by atoms with Crippen LogP contribution < -0.4 is 11.1 Å². The highest BCUT2D eigenvalue weighted by Gasteiger charge is 2.41. The average Bonchev–Trinajstić information content (AvgIpc) is 2.89. The van der Waals surface area contributed by atoms with Crippen LogP contribution in [0.4, 0.5) is 0 Å². The summed E-state index contributed by atoms with van der Waals surface area (Å²) in [5.41, 5.74) is 5.64. The lowest BCUT2D eigenvalue weighted by atomic mass is 9.85. The lowest BCUT2D eigenvalue weighted by Gasteiger charge is -2.33. The molecule has 2 fully saturated rings. The molecular weight excluding hydrogens is 200 g/mol. The van der Waals surface area contributed by atoms with E-state index in [1.807, 2.05) is 0 Å². The molecule has 16 heavy (non-hydrogen) atoms. The van der Waals surface area contributed by atoms with Crippen molar-refractivity contribution in [3.63, 3.8) is 0 Å². The van der Waals surface area contributed by atoms with Crippen molar-refractivity contribution in [2.24, 2.45) is 11.1 Å². The fourth-order valence-corrected chi connectivity index (χ4v) is 3.21. The minimum absolute atomic E-state index is 0.0807. The molecule has 0 radical (unpaired) electrons. The molecule has 1 amide bonds. The highest BCUT2D eigenvalue weighted by atomic mass is 16.2. The van der Waals surface area contributed by atoms with E-state index >= 15 is 0 Å². The predicted molar refractivity (Wildman–Crippen MR) is 65.0 cm³/mol. The Hall–Kier alpha value is -0.570. The number of hydrogen-bond donors (Lipinski definition) is 2. The number of carbonyl (C=O) groups excluding carboxylic acids is 1. The van der Waals surface area contributed by atoms with Crippen LogP contribution in [0.3, 0.4) is 0 Å². The van der Waals surface area contributed by atoms with Gasteiger partial charge in [-0.1, -0.05) is 32.6 Å². The quantitative estimate of drug-likeness (QED) is 0.770. The van der Waals surface area contributed by atoms with Crippen molar-refractivity contribution in [1.29, 1.82) is 0 Å². The average molecular weight is 224 g/mol. The zero-order valence-electron chi connectivity index (χ0n) is 10.3. The molecule has 0 unspecified atom stereocenters. The van der Waals surface area contributed by atoms with Crippen LogP contribution in [0.2, 0.25) is 0 Å². The first-order valence-corrected chi connectivity index (χ1v) is 6.63. The maximum absolute atomic E-state index is 12.3. The van der Waals surface area contributed by atoms with Gasteiger partial charge in [-0.05, 0) is 25.7 Å². The van der Waals surface area contributed by atoms with Gasteiger partial charge in [0.05, 0.1) is 5.54 Å². The number of rotatable bonds is 3. The van der Waals surface area contributed by atoms with E-state index in [1.165, 1.54) is 25.7 Å². The minimum atomic E-state index is -0.120. The van der Waals surface area contributed by atoms with E-state index in [0.29, 0.717) is 6.54 Å². The summed E-state index contributed by atoms with van der Waals surface area (Å²) in [5, 5.41) is 3.26. The van der Waals surface area contributed by atoms with Crippen LogP contribution in [-0.2, 0) is 4.79 Å². The van der Waals surface area contributed by atoms with Gasteiger partial charge in [0.2, 0.25) is 5.91 Å². The van der Waals surface area contributed by atoms with Gasteiger partial charge in [0, 0.05) is 12.0 Å². The smallest absolute Gasteiger partial charge is 0.226 e. The summed E-state index contributed by atoms with van der Waals surface area (Å²) >= 11 is 0. The number of amides is 1. The van der Waals surface area contributed by atoms with Crippen LogP contribution in [0.1, 0.15) is 58.3 Å². The highest BCUT2D eigenvalue weighted by Crippen LogP contribution is 2.39. The van der Waals surface area contributed by atoms with Gasteiger partial charge >= 0.3 is 0 Å². The third-order valence-corrected chi connectivity index (χ3v) is 4.59. The van der Waals surface area contributed by atoms with Gasteiger partial charge in [-0.3, -0.25) is 4.79 Å². The molecule has 0 aliphatic heterocycles. The molecule has 2 saturated carbocycles. The molecule has 0 saturated heterocycles. The van der Waals surface area contributed by atoms with Gasteiger partial charge < -0.3 is 11.1 Å². The lowest BCUT2D eigenvalue weighted by molar-refractivity contribution is -0.131. The van der Waals surface area contributed by atoms with E-state index in [4.69, 9.17) is 5.73 Å². The van der Waals surface area contributed by atoms with E-state index in [1.54, 1.807) is 0 Å². The van der Waals surface area contributed by atoms with Crippen molar-refractivity contribution in [2.45, 2.75) is 63.8 Å². The van der Waals surface area contributed by atoms with Crippen molar-refractivity contribution in [3.8, 4) is 0 Å². The molecule has 0 aromatic carbocycles. The lowest BCUT2D eigenvalue weighted by Crippen LogP contribution is -2.55. The molecule has 0 heterocycles. The van der Waals surface area contributed by atoms with Crippen LogP contribution in [0.15, 0.2) is 0 Å². The Morgan fingerprint density at radius 1 is 1.12 bits per heavy atom. The van der Waals surface area contributed by atoms with Gasteiger partial charge in [0.1, 0.15) is 0 Å². The van der Waals surface area contributed by atoms with Crippen LogP contribution in [-0.4, -0.2) is 18.0 Å². The van der Waals surface area contributed by atoms with Crippen LogP contribution in [0, 0.1) is 5.41 Å². The Bertz CT molecular complexity index is 263. The maximum atomic E-state index is 12.3. The second-order valence-corrected chi connectivity index (χ2v) is 5.91. The van der Waals surface area contributed by atoms with Crippen LogP contribution >= 0.6 is 0 Å². The first-order valence-electron chi connectivity index (χ1n) is 6.63. The van der Waals surface area contributed by atoms with E-state index < -0.39 is 0 Å². The minimum Gasteiger partial charge on any atom is -0.349 e. The molecule has 3 nitrogen and oxygen atoms in total. The predicted octanol–water partition coefficient (Wildman–Crippen LogP) is 1.95. The fraction of sp³-hybridized carbons (Fsp3) is 0.923. The molecule has 0 aromatic heterocycles. The SMILES string of the molecule is CC1(C(=O)NC2(CN)CCCC2)CCCC1. The Labute approximate surface area is 98.2 Å². The van der Waals surface area contributed by atoms with Gasteiger partial charge in [-0.2, -0.15) is 0 Å². The largest absolute Gasteiger partial charge is 0.349 e. The molecule has 2 aliphatic rings. The summed E-state index contributed by atoms with van der Waals surface area (Å²) in [6.45, 7) is 2.70. The summed E-state index contributed by atoms with van der Waals surface area (Å²) in [5.74, 6) is 0.248.